The zero-order valence-electron chi connectivity index (χ0n) is 11.8. The lowest BCUT2D eigenvalue weighted by molar-refractivity contribution is 0.339. The molecule has 1 aromatic rings. The maximum Gasteiger partial charge on any atom is 0.123 e. The number of hydrogen-bond acceptors (Lipinski definition) is 2. The van der Waals surface area contributed by atoms with E-state index in [9.17, 15) is 0 Å². The van der Waals surface area contributed by atoms with Crippen molar-refractivity contribution >= 4 is 0 Å². The average molecular weight is 247 g/mol. The Hall–Kier alpha value is -1.02. The van der Waals surface area contributed by atoms with Gasteiger partial charge in [0.05, 0.1) is 7.11 Å². The van der Waals surface area contributed by atoms with E-state index in [4.69, 9.17) is 4.74 Å². The lowest BCUT2D eigenvalue weighted by Gasteiger charge is -2.27. The van der Waals surface area contributed by atoms with Crippen molar-refractivity contribution in [3.63, 3.8) is 0 Å². The number of nitrogens with one attached hydrogen (secondary N) is 1. The quantitative estimate of drug-likeness (QED) is 0.868. The summed E-state index contributed by atoms with van der Waals surface area (Å²) in [4.78, 5) is 0. The summed E-state index contributed by atoms with van der Waals surface area (Å²) >= 11 is 0. The van der Waals surface area contributed by atoms with Gasteiger partial charge < -0.3 is 10.1 Å². The summed E-state index contributed by atoms with van der Waals surface area (Å²) in [5, 5.41) is 3.76. The third-order valence-corrected chi connectivity index (χ3v) is 3.94. The van der Waals surface area contributed by atoms with E-state index >= 15 is 0 Å². The highest BCUT2D eigenvalue weighted by molar-refractivity contribution is 5.38. The van der Waals surface area contributed by atoms with Crippen molar-refractivity contribution < 1.29 is 4.74 Å². The third-order valence-electron chi connectivity index (χ3n) is 3.94. The standard InChI is InChI=1S/C16H25NO/c1-12-9-10-16(18-3)15(11-12)13(2)17-14-7-5-4-6-8-14/h9-11,13-14,17H,4-8H2,1-3H3. The van der Waals surface area contributed by atoms with Crippen LogP contribution in [0.25, 0.3) is 0 Å². The summed E-state index contributed by atoms with van der Waals surface area (Å²) in [6.45, 7) is 4.38. The van der Waals surface area contributed by atoms with Gasteiger partial charge in [-0.1, -0.05) is 37.0 Å². The molecule has 0 aliphatic heterocycles. The fraction of sp³-hybridized carbons (Fsp3) is 0.625. The van der Waals surface area contributed by atoms with Crippen LogP contribution >= 0.6 is 0 Å². The van der Waals surface area contributed by atoms with Gasteiger partial charge in [0.1, 0.15) is 5.75 Å². The highest BCUT2D eigenvalue weighted by atomic mass is 16.5. The summed E-state index contributed by atoms with van der Waals surface area (Å²) in [5.74, 6) is 0.997. The van der Waals surface area contributed by atoms with E-state index in [1.165, 1.54) is 43.2 Å². The molecule has 1 aliphatic rings. The molecule has 0 heterocycles. The van der Waals surface area contributed by atoms with Gasteiger partial charge in [-0.3, -0.25) is 0 Å². The first-order chi connectivity index (χ1) is 8.70. The zero-order valence-corrected chi connectivity index (χ0v) is 11.8. The lowest BCUT2D eigenvalue weighted by atomic mass is 9.94. The molecule has 0 saturated heterocycles. The molecular weight excluding hydrogens is 222 g/mol. The second-order valence-electron chi connectivity index (χ2n) is 5.47. The number of ether oxygens (including phenoxy) is 1. The molecule has 1 aliphatic carbocycles. The van der Waals surface area contributed by atoms with Crippen molar-refractivity contribution in [1.82, 2.24) is 5.32 Å². The molecule has 1 unspecified atom stereocenters. The average Bonchev–Trinajstić information content (AvgIpc) is 2.40. The van der Waals surface area contributed by atoms with E-state index in [-0.39, 0.29) is 0 Å². The topological polar surface area (TPSA) is 21.3 Å². The van der Waals surface area contributed by atoms with Gasteiger partial charge in [-0.2, -0.15) is 0 Å². The van der Waals surface area contributed by atoms with Crippen LogP contribution in [0.1, 0.15) is 56.2 Å². The zero-order chi connectivity index (χ0) is 13.0. The van der Waals surface area contributed by atoms with E-state index in [0.29, 0.717) is 12.1 Å². The van der Waals surface area contributed by atoms with Gasteiger partial charge in [-0.15, -0.1) is 0 Å². The maximum absolute atomic E-state index is 5.47. The van der Waals surface area contributed by atoms with E-state index in [1.807, 2.05) is 0 Å². The number of aryl methyl sites for hydroxylation is 1. The highest BCUT2D eigenvalue weighted by Gasteiger charge is 2.18. The van der Waals surface area contributed by atoms with Gasteiger partial charge in [0.25, 0.3) is 0 Å². The Morgan fingerprint density at radius 1 is 1.22 bits per heavy atom. The number of benzene rings is 1. The van der Waals surface area contributed by atoms with Crippen molar-refractivity contribution in [3.8, 4) is 5.75 Å². The smallest absolute Gasteiger partial charge is 0.123 e. The van der Waals surface area contributed by atoms with Crippen molar-refractivity contribution in [3.05, 3.63) is 29.3 Å². The van der Waals surface area contributed by atoms with Crippen LogP contribution in [-0.2, 0) is 0 Å². The van der Waals surface area contributed by atoms with Crippen LogP contribution in [0.4, 0.5) is 0 Å². The monoisotopic (exact) mass is 247 g/mol. The van der Waals surface area contributed by atoms with Gasteiger partial charge in [-0.25, -0.2) is 0 Å². The van der Waals surface area contributed by atoms with Crippen molar-refractivity contribution in [2.75, 3.05) is 7.11 Å². The Balaban J connectivity index is 2.07. The number of hydrogen-bond donors (Lipinski definition) is 1. The van der Waals surface area contributed by atoms with E-state index in [0.717, 1.165) is 5.75 Å². The fourth-order valence-electron chi connectivity index (χ4n) is 2.90. The van der Waals surface area contributed by atoms with Crippen LogP contribution < -0.4 is 10.1 Å². The van der Waals surface area contributed by atoms with Gasteiger partial charge >= 0.3 is 0 Å². The van der Waals surface area contributed by atoms with Gasteiger partial charge in [0.15, 0.2) is 0 Å². The molecule has 2 rings (SSSR count). The van der Waals surface area contributed by atoms with Gasteiger partial charge in [0, 0.05) is 17.6 Å². The van der Waals surface area contributed by atoms with E-state index in [1.54, 1.807) is 7.11 Å². The highest BCUT2D eigenvalue weighted by Crippen LogP contribution is 2.28. The summed E-state index contributed by atoms with van der Waals surface area (Å²) < 4.78 is 5.47. The van der Waals surface area contributed by atoms with E-state index in [2.05, 4.69) is 37.4 Å². The Bertz CT molecular complexity index is 383. The molecule has 1 atom stereocenters. The molecular formula is C16H25NO. The molecule has 0 spiro atoms. The molecule has 0 bridgehead atoms. The van der Waals surface area contributed by atoms with Crippen molar-refractivity contribution in [2.45, 2.75) is 58.0 Å². The molecule has 0 radical (unpaired) electrons. The molecule has 100 valence electrons. The Labute approximate surface area is 111 Å². The van der Waals surface area contributed by atoms with Gasteiger partial charge in [0.2, 0.25) is 0 Å². The summed E-state index contributed by atoms with van der Waals surface area (Å²) in [6, 6.07) is 7.46. The largest absolute Gasteiger partial charge is 0.496 e. The molecule has 1 aromatic carbocycles. The first-order valence-corrected chi connectivity index (χ1v) is 7.11. The minimum absolute atomic E-state index is 0.364. The lowest BCUT2D eigenvalue weighted by Crippen LogP contribution is -2.33. The Kier molecular flexibility index (Phi) is 4.65. The molecule has 1 N–H and O–H groups in total. The second kappa shape index (κ2) is 6.24. The molecule has 2 heteroatoms. The summed E-state index contributed by atoms with van der Waals surface area (Å²) in [5.41, 5.74) is 2.58. The van der Waals surface area contributed by atoms with Crippen LogP contribution in [0.2, 0.25) is 0 Å². The molecule has 0 amide bonds. The van der Waals surface area contributed by atoms with Crippen LogP contribution in [0.5, 0.6) is 5.75 Å². The maximum atomic E-state index is 5.47. The minimum Gasteiger partial charge on any atom is -0.496 e. The molecule has 18 heavy (non-hydrogen) atoms. The van der Waals surface area contributed by atoms with Crippen LogP contribution in [0.15, 0.2) is 18.2 Å². The molecule has 2 nitrogen and oxygen atoms in total. The predicted molar refractivity (Wildman–Crippen MR) is 76.2 cm³/mol. The van der Waals surface area contributed by atoms with Crippen LogP contribution in [0, 0.1) is 6.92 Å². The fourth-order valence-corrected chi connectivity index (χ4v) is 2.90. The number of methoxy groups -OCH3 is 1. The van der Waals surface area contributed by atoms with Gasteiger partial charge in [-0.05, 0) is 32.8 Å². The van der Waals surface area contributed by atoms with E-state index < -0.39 is 0 Å². The predicted octanol–water partition coefficient (Wildman–Crippen LogP) is 3.99. The summed E-state index contributed by atoms with van der Waals surface area (Å²) in [7, 11) is 1.75. The van der Waals surface area contributed by atoms with Crippen molar-refractivity contribution in [2.24, 2.45) is 0 Å². The van der Waals surface area contributed by atoms with Crippen LogP contribution in [-0.4, -0.2) is 13.2 Å². The molecule has 1 fully saturated rings. The third kappa shape index (κ3) is 3.26. The Morgan fingerprint density at radius 2 is 1.94 bits per heavy atom. The van der Waals surface area contributed by atoms with Crippen LogP contribution in [0.3, 0.4) is 0 Å². The minimum atomic E-state index is 0.364. The second-order valence-corrected chi connectivity index (χ2v) is 5.47. The normalized spacial score (nSPS) is 18.6. The molecule has 1 saturated carbocycles. The SMILES string of the molecule is COc1ccc(C)cc1C(C)NC1CCCCC1. The first kappa shape index (κ1) is 13.4. The first-order valence-electron chi connectivity index (χ1n) is 7.11. The number of rotatable bonds is 4. The summed E-state index contributed by atoms with van der Waals surface area (Å²) in [6.07, 6.45) is 6.78. The Morgan fingerprint density at radius 3 is 2.61 bits per heavy atom. The van der Waals surface area contributed by atoms with Crippen molar-refractivity contribution in [1.29, 1.82) is 0 Å². The molecule has 0 aromatic heterocycles.